The number of nitrogens with one attached hydrogen (secondary N) is 1. The van der Waals surface area contributed by atoms with E-state index in [1.165, 1.54) is 12.1 Å². The molecule has 0 aliphatic carbocycles. The van der Waals surface area contributed by atoms with E-state index in [1.807, 2.05) is 13.8 Å². The molecule has 152 valence electrons. The van der Waals surface area contributed by atoms with Crippen LogP contribution in [0.1, 0.15) is 21.9 Å². The number of sulfone groups is 1. The van der Waals surface area contributed by atoms with E-state index in [0.717, 1.165) is 11.1 Å². The minimum atomic E-state index is -3.84. The van der Waals surface area contributed by atoms with Gasteiger partial charge in [0, 0.05) is 6.54 Å². The first-order valence-corrected chi connectivity index (χ1v) is 12.1. The van der Waals surface area contributed by atoms with Crippen molar-refractivity contribution in [1.82, 2.24) is 4.72 Å². The Balaban J connectivity index is 1.95. The van der Waals surface area contributed by atoms with Gasteiger partial charge in [-0.3, -0.25) is 0 Å². The summed E-state index contributed by atoms with van der Waals surface area (Å²) in [6.45, 7) is 3.47. The average Bonchev–Trinajstić information content (AvgIpc) is 2.69. The zero-order valence-corrected chi connectivity index (χ0v) is 17.9. The first-order valence-electron chi connectivity index (χ1n) is 9.12. The van der Waals surface area contributed by atoms with Crippen LogP contribution in [0, 0.1) is 13.8 Å². The monoisotopic (exact) mass is 429 g/mol. The molecule has 0 bridgehead atoms. The highest BCUT2D eigenvalue weighted by Crippen LogP contribution is 2.29. The summed E-state index contributed by atoms with van der Waals surface area (Å²) < 4.78 is 54.5. The Morgan fingerprint density at radius 3 is 1.69 bits per heavy atom. The first-order chi connectivity index (χ1) is 13.7. The third kappa shape index (κ3) is 4.93. The molecule has 0 aliphatic heterocycles. The second-order valence-electron chi connectivity index (χ2n) is 6.92. The smallest absolute Gasteiger partial charge is 0.223 e. The van der Waals surface area contributed by atoms with E-state index >= 15 is 0 Å². The van der Waals surface area contributed by atoms with Crippen LogP contribution in [0.3, 0.4) is 0 Å². The molecule has 7 heteroatoms. The van der Waals surface area contributed by atoms with Gasteiger partial charge >= 0.3 is 0 Å². The van der Waals surface area contributed by atoms with Gasteiger partial charge in [-0.2, -0.15) is 0 Å². The molecule has 0 saturated carbocycles. The zero-order chi connectivity index (χ0) is 21.1. The third-order valence-corrected chi connectivity index (χ3v) is 8.24. The summed E-state index contributed by atoms with van der Waals surface area (Å²) in [6, 6.07) is 21.6. The Labute approximate surface area is 172 Å². The molecule has 3 rings (SSSR count). The largest absolute Gasteiger partial charge is 0.240 e. The number of rotatable bonds is 7. The van der Waals surface area contributed by atoms with Crippen LogP contribution < -0.4 is 4.72 Å². The first kappa shape index (κ1) is 21.2. The van der Waals surface area contributed by atoms with Crippen molar-refractivity contribution in [3.8, 4) is 0 Å². The van der Waals surface area contributed by atoms with Crippen molar-refractivity contribution in [3.05, 3.63) is 95.6 Å². The summed E-state index contributed by atoms with van der Waals surface area (Å²) >= 11 is 0. The maximum Gasteiger partial charge on any atom is 0.240 e. The Hall–Kier alpha value is -2.48. The SMILES string of the molecule is Cc1ccc(S(=O)(=O)NCC(c2ccccc2)S(=O)(=O)c2ccc(C)cc2)cc1. The third-order valence-electron chi connectivity index (χ3n) is 4.69. The topological polar surface area (TPSA) is 80.3 Å². The summed E-state index contributed by atoms with van der Waals surface area (Å²) in [4.78, 5) is 0.258. The van der Waals surface area contributed by atoms with Gasteiger partial charge in [-0.1, -0.05) is 65.7 Å². The lowest BCUT2D eigenvalue weighted by Gasteiger charge is -2.19. The lowest BCUT2D eigenvalue weighted by Crippen LogP contribution is -2.32. The predicted molar refractivity (Wildman–Crippen MR) is 114 cm³/mol. The molecular weight excluding hydrogens is 406 g/mol. The van der Waals surface area contributed by atoms with Crippen LogP contribution in [0.5, 0.6) is 0 Å². The second kappa shape index (κ2) is 8.49. The maximum absolute atomic E-state index is 13.3. The lowest BCUT2D eigenvalue weighted by molar-refractivity contribution is 0.568. The molecule has 0 aliphatic rings. The van der Waals surface area contributed by atoms with E-state index in [-0.39, 0.29) is 16.3 Å². The minimum Gasteiger partial charge on any atom is -0.223 e. The van der Waals surface area contributed by atoms with E-state index in [2.05, 4.69) is 4.72 Å². The van der Waals surface area contributed by atoms with Crippen molar-refractivity contribution < 1.29 is 16.8 Å². The molecule has 5 nitrogen and oxygen atoms in total. The number of hydrogen-bond acceptors (Lipinski definition) is 4. The van der Waals surface area contributed by atoms with Crippen LogP contribution in [-0.4, -0.2) is 23.4 Å². The normalized spacial score (nSPS) is 13.2. The predicted octanol–water partition coefficient (Wildman–Crippen LogP) is 3.80. The maximum atomic E-state index is 13.3. The summed E-state index contributed by atoms with van der Waals surface area (Å²) in [5.41, 5.74) is 2.41. The van der Waals surface area contributed by atoms with E-state index in [9.17, 15) is 16.8 Å². The minimum absolute atomic E-state index is 0.0997. The molecule has 1 atom stereocenters. The van der Waals surface area contributed by atoms with Crippen molar-refractivity contribution >= 4 is 19.9 Å². The highest BCUT2D eigenvalue weighted by molar-refractivity contribution is 7.92. The van der Waals surface area contributed by atoms with Crippen LogP contribution in [-0.2, 0) is 19.9 Å². The van der Waals surface area contributed by atoms with Crippen LogP contribution in [0.4, 0.5) is 0 Å². The molecule has 29 heavy (non-hydrogen) atoms. The quantitative estimate of drug-likeness (QED) is 0.620. The molecule has 0 amide bonds. The van der Waals surface area contributed by atoms with Crippen LogP contribution in [0.15, 0.2) is 88.7 Å². The fourth-order valence-corrected chi connectivity index (χ4v) is 5.77. The van der Waals surface area contributed by atoms with E-state index in [4.69, 9.17) is 0 Å². The summed E-state index contributed by atoms with van der Waals surface area (Å²) in [6.07, 6.45) is 0. The van der Waals surface area contributed by atoms with Crippen LogP contribution >= 0.6 is 0 Å². The van der Waals surface area contributed by atoms with Crippen molar-refractivity contribution in [1.29, 1.82) is 0 Å². The molecule has 0 radical (unpaired) electrons. The van der Waals surface area contributed by atoms with Crippen LogP contribution in [0.2, 0.25) is 0 Å². The average molecular weight is 430 g/mol. The molecule has 3 aromatic carbocycles. The Morgan fingerprint density at radius 1 is 0.690 bits per heavy atom. The standard InChI is InChI=1S/C22H23NO4S2/c1-17-8-12-20(13-9-17)28(24,25)22(19-6-4-3-5-7-19)16-23-29(26,27)21-14-10-18(2)11-15-21/h3-15,22-23H,16H2,1-2H3. The van der Waals surface area contributed by atoms with Gasteiger partial charge in [0.15, 0.2) is 9.84 Å². The van der Waals surface area contributed by atoms with Gasteiger partial charge < -0.3 is 0 Å². The van der Waals surface area contributed by atoms with Gasteiger partial charge in [-0.25, -0.2) is 21.6 Å². The molecular formula is C22H23NO4S2. The molecule has 3 aromatic rings. The molecule has 1 unspecified atom stereocenters. The summed E-state index contributed by atoms with van der Waals surface area (Å²) in [5, 5.41) is -1.05. The fourth-order valence-electron chi connectivity index (χ4n) is 2.95. The highest BCUT2D eigenvalue weighted by atomic mass is 32.2. The molecule has 0 heterocycles. The lowest BCUT2D eigenvalue weighted by atomic mass is 10.1. The Bertz CT molecular complexity index is 1170. The second-order valence-corrected chi connectivity index (χ2v) is 10.8. The van der Waals surface area contributed by atoms with Gasteiger partial charge in [0.25, 0.3) is 0 Å². The Morgan fingerprint density at radius 2 is 1.17 bits per heavy atom. The number of sulfonamides is 1. The van der Waals surface area contributed by atoms with Gasteiger partial charge in [-0.15, -0.1) is 0 Å². The molecule has 0 aromatic heterocycles. The van der Waals surface area contributed by atoms with Crippen molar-refractivity contribution in [2.24, 2.45) is 0 Å². The van der Waals surface area contributed by atoms with Gasteiger partial charge in [0.05, 0.1) is 9.79 Å². The number of benzene rings is 3. The van der Waals surface area contributed by atoms with E-state index in [0.29, 0.717) is 5.56 Å². The summed E-state index contributed by atoms with van der Waals surface area (Å²) in [5.74, 6) is 0. The molecule has 1 N–H and O–H groups in total. The molecule has 0 fully saturated rings. The molecule has 0 spiro atoms. The Kier molecular flexibility index (Phi) is 6.21. The molecule has 0 saturated heterocycles. The van der Waals surface area contributed by atoms with Crippen molar-refractivity contribution in [3.63, 3.8) is 0 Å². The zero-order valence-electron chi connectivity index (χ0n) is 16.2. The van der Waals surface area contributed by atoms with E-state index in [1.54, 1.807) is 66.7 Å². The van der Waals surface area contributed by atoms with Gasteiger partial charge in [0.1, 0.15) is 5.25 Å². The van der Waals surface area contributed by atoms with E-state index < -0.39 is 25.1 Å². The number of aryl methyl sites for hydroxylation is 2. The van der Waals surface area contributed by atoms with Crippen molar-refractivity contribution in [2.75, 3.05) is 6.54 Å². The van der Waals surface area contributed by atoms with Gasteiger partial charge in [0.2, 0.25) is 10.0 Å². The number of hydrogen-bond donors (Lipinski definition) is 1. The summed E-state index contributed by atoms with van der Waals surface area (Å²) in [7, 11) is -7.65. The van der Waals surface area contributed by atoms with Crippen LogP contribution in [0.25, 0.3) is 0 Å². The van der Waals surface area contributed by atoms with Crippen molar-refractivity contribution in [2.45, 2.75) is 28.9 Å². The van der Waals surface area contributed by atoms with Gasteiger partial charge in [-0.05, 0) is 43.7 Å². The fraction of sp³-hybridized carbons (Fsp3) is 0.182. The highest BCUT2D eigenvalue weighted by Gasteiger charge is 2.30.